The van der Waals surface area contributed by atoms with Crippen LogP contribution in [0.2, 0.25) is 0 Å². The molecule has 0 bridgehead atoms. The Morgan fingerprint density at radius 2 is 1.86 bits per heavy atom. The van der Waals surface area contributed by atoms with Gasteiger partial charge in [-0.2, -0.15) is 0 Å². The number of aliphatic carboxylic acids is 1. The summed E-state index contributed by atoms with van der Waals surface area (Å²) in [5, 5.41) is 11.8. The standard InChI is InChI=1S/C17H23NO4/c1-10-6-11(2)16(12(3)7-10)22-9-15(19)18-14-5-4-13(8-14)17(20)21/h6-7,13-14H,4-5,8-9H2,1-3H3,(H,18,19)(H,20,21)/t13-,14+/m0/s1. The topological polar surface area (TPSA) is 75.6 Å². The van der Waals surface area contributed by atoms with E-state index in [2.05, 4.69) is 5.32 Å². The fourth-order valence-corrected chi connectivity index (χ4v) is 3.14. The number of hydrogen-bond acceptors (Lipinski definition) is 3. The monoisotopic (exact) mass is 305 g/mol. The van der Waals surface area contributed by atoms with E-state index in [1.54, 1.807) is 0 Å². The molecule has 1 amide bonds. The number of ether oxygens (including phenoxy) is 1. The molecule has 5 nitrogen and oxygen atoms in total. The first-order valence-electron chi connectivity index (χ1n) is 7.59. The summed E-state index contributed by atoms with van der Waals surface area (Å²) in [5.74, 6) is -0.572. The molecule has 120 valence electrons. The highest BCUT2D eigenvalue weighted by Gasteiger charge is 2.30. The van der Waals surface area contributed by atoms with E-state index < -0.39 is 5.97 Å². The summed E-state index contributed by atoms with van der Waals surface area (Å²) in [6.45, 7) is 5.90. The molecule has 0 aromatic heterocycles. The first-order valence-corrected chi connectivity index (χ1v) is 7.59. The molecule has 0 aliphatic heterocycles. The normalized spacial score (nSPS) is 20.7. The first-order chi connectivity index (χ1) is 10.4. The van der Waals surface area contributed by atoms with Crippen LogP contribution in [0.5, 0.6) is 5.75 Å². The van der Waals surface area contributed by atoms with Crippen LogP contribution in [0.3, 0.4) is 0 Å². The Kier molecular flexibility index (Phi) is 5.06. The predicted molar refractivity (Wildman–Crippen MR) is 83.1 cm³/mol. The van der Waals surface area contributed by atoms with E-state index >= 15 is 0 Å². The molecule has 2 rings (SSSR count). The molecule has 2 N–H and O–H groups in total. The molecule has 0 spiro atoms. The van der Waals surface area contributed by atoms with E-state index in [1.165, 1.54) is 0 Å². The molecule has 2 atom stereocenters. The number of carboxylic acid groups (broad SMARTS) is 1. The Morgan fingerprint density at radius 1 is 1.23 bits per heavy atom. The van der Waals surface area contributed by atoms with E-state index in [0.29, 0.717) is 19.3 Å². The Labute approximate surface area is 130 Å². The number of nitrogens with one attached hydrogen (secondary N) is 1. The van der Waals surface area contributed by atoms with Crippen LogP contribution in [0.1, 0.15) is 36.0 Å². The summed E-state index contributed by atoms with van der Waals surface area (Å²) in [6, 6.07) is 3.99. The lowest BCUT2D eigenvalue weighted by molar-refractivity contribution is -0.141. The molecule has 5 heteroatoms. The van der Waals surface area contributed by atoms with Gasteiger partial charge in [-0.15, -0.1) is 0 Å². The molecule has 1 aromatic carbocycles. The van der Waals surface area contributed by atoms with Crippen LogP contribution in [-0.2, 0) is 9.59 Å². The van der Waals surface area contributed by atoms with Gasteiger partial charge in [0.1, 0.15) is 5.75 Å². The molecule has 1 aromatic rings. The van der Waals surface area contributed by atoms with Gasteiger partial charge in [-0.25, -0.2) is 0 Å². The van der Waals surface area contributed by atoms with Crippen LogP contribution in [-0.4, -0.2) is 29.6 Å². The number of rotatable bonds is 5. The molecule has 0 unspecified atom stereocenters. The van der Waals surface area contributed by atoms with Crippen molar-refractivity contribution in [2.75, 3.05) is 6.61 Å². The Bertz CT molecular complexity index is 559. The van der Waals surface area contributed by atoms with Gasteiger partial charge in [0.25, 0.3) is 5.91 Å². The fourth-order valence-electron chi connectivity index (χ4n) is 3.14. The number of carbonyl (C=O) groups excluding carboxylic acids is 1. The van der Waals surface area contributed by atoms with E-state index in [0.717, 1.165) is 22.4 Å². The lowest BCUT2D eigenvalue weighted by Crippen LogP contribution is -2.36. The number of hydrogen-bond donors (Lipinski definition) is 2. The summed E-state index contributed by atoms with van der Waals surface area (Å²) in [7, 11) is 0. The van der Waals surface area contributed by atoms with E-state index in [4.69, 9.17) is 9.84 Å². The van der Waals surface area contributed by atoms with Crippen molar-refractivity contribution in [3.05, 3.63) is 28.8 Å². The minimum atomic E-state index is -0.779. The zero-order valence-electron chi connectivity index (χ0n) is 13.3. The smallest absolute Gasteiger partial charge is 0.306 e. The third kappa shape index (κ3) is 4.00. The summed E-state index contributed by atoms with van der Waals surface area (Å²) >= 11 is 0. The van der Waals surface area contributed by atoms with Gasteiger partial charge in [0.05, 0.1) is 5.92 Å². The van der Waals surface area contributed by atoms with Gasteiger partial charge in [-0.05, 0) is 51.2 Å². The van der Waals surface area contributed by atoms with Crippen LogP contribution < -0.4 is 10.1 Å². The van der Waals surface area contributed by atoms with Crippen LogP contribution in [0.25, 0.3) is 0 Å². The summed E-state index contributed by atoms with van der Waals surface area (Å²) in [4.78, 5) is 22.9. The maximum atomic E-state index is 12.0. The molecule has 1 aliphatic rings. The summed E-state index contributed by atoms with van der Waals surface area (Å²) in [6.07, 6.45) is 1.84. The number of carboxylic acids is 1. The number of aryl methyl sites for hydroxylation is 3. The molecule has 1 saturated carbocycles. The highest BCUT2D eigenvalue weighted by molar-refractivity contribution is 5.78. The zero-order chi connectivity index (χ0) is 16.3. The lowest BCUT2D eigenvalue weighted by Gasteiger charge is -2.15. The minimum Gasteiger partial charge on any atom is -0.483 e. The maximum Gasteiger partial charge on any atom is 0.306 e. The van der Waals surface area contributed by atoms with Crippen LogP contribution in [0.15, 0.2) is 12.1 Å². The second kappa shape index (κ2) is 6.81. The third-order valence-corrected chi connectivity index (χ3v) is 4.10. The van der Waals surface area contributed by atoms with Crippen molar-refractivity contribution < 1.29 is 19.4 Å². The largest absolute Gasteiger partial charge is 0.483 e. The molecular formula is C17H23NO4. The van der Waals surface area contributed by atoms with Gasteiger partial charge in [0, 0.05) is 6.04 Å². The van der Waals surface area contributed by atoms with E-state index in [-0.39, 0.29) is 24.5 Å². The summed E-state index contributed by atoms with van der Waals surface area (Å²) < 4.78 is 5.64. The van der Waals surface area contributed by atoms with Gasteiger partial charge in [0.2, 0.25) is 0 Å². The van der Waals surface area contributed by atoms with Gasteiger partial charge in [-0.3, -0.25) is 9.59 Å². The quantitative estimate of drug-likeness (QED) is 0.875. The van der Waals surface area contributed by atoms with Crippen molar-refractivity contribution in [3.8, 4) is 5.75 Å². The minimum absolute atomic E-state index is 0.0427. The molecule has 1 aliphatic carbocycles. The first kappa shape index (κ1) is 16.3. The third-order valence-electron chi connectivity index (χ3n) is 4.10. The van der Waals surface area contributed by atoms with Crippen molar-refractivity contribution in [2.24, 2.45) is 5.92 Å². The maximum absolute atomic E-state index is 12.0. The average molecular weight is 305 g/mol. The van der Waals surface area contributed by atoms with Crippen molar-refractivity contribution in [1.29, 1.82) is 0 Å². The Hall–Kier alpha value is -2.04. The zero-order valence-corrected chi connectivity index (χ0v) is 13.3. The van der Waals surface area contributed by atoms with E-state index in [1.807, 2.05) is 32.9 Å². The molecule has 0 radical (unpaired) electrons. The van der Waals surface area contributed by atoms with E-state index in [9.17, 15) is 9.59 Å². The van der Waals surface area contributed by atoms with Gasteiger partial charge in [0.15, 0.2) is 6.61 Å². The molecule has 22 heavy (non-hydrogen) atoms. The highest BCUT2D eigenvalue weighted by atomic mass is 16.5. The van der Waals surface area contributed by atoms with Crippen molar-refractivity contribution in [1.82, 2.24) is 5.32 Å². The second-order valence-electron chi connectivity index (χ2n) is 6.13. The molecule has 1 fully saturated rings. The second-order valence-corrected chi connectivity index (χ2v) is 6.13. The van der Waals surface area contributed by atoms with Crippen molar-refractivity contribution >= 4 is 11.9 Å². The van der Waals surface area contributed by atoms with Gasteiger partial charge in [-0.1, -0.05) is 17.7 Å². The SMILES string of the molecule is Cc1cc(C)c(OCC(=O)N[C@@H]2CC[C@H](C(=O)O)C2)c(C)c1. The van der Waals surface area contributed by atoms with Crippen molar-refractivity contribution in [3.63, 3.8) is 0 Å². The predicted octanol–water partition coefficient (Wildman–Crippen LogP) is 2.36. The number of amides is 1. The van der Waals surface area contributed by atoms with Crippen molar-refractivity contribution in [2.45, 2.75) is 46.1 Å². The lowest BCUT2D eigenvalue weighted by atomic mass is 10.1. The molecular weight excluding hydrogens is 282 g/mol. The highest BCUT2D eigenvalue weighted by Crippen LogP contribution is 2.26. The molecule has 0 heterocycles. The van der Waals surface area contributed by atoms with Crippen LogP contribution >= 0.6 is 0 Å². The summed E-state index contributed by atoms with van der Waals surface area (Å²) in [5.41, 5.74) is 3.19. The van der Waals surface area contributed by atoms with Gasteiger partial charge >= 0.3 is 5.97 Å². The van der Waals surface area contributed by atoms with Gasteiger partial charge < -0.3 is 15.2 Å². The van der Waals surface area contributed by atoms with Crippen LogP contribution in [0.4, 0.5) is 0 Å². The number of carbonyl (C=O) groups is 2. The van der Waals surface area contributed by atoms with Crippen LogP contribution in [0, 0.1) is 26.7 Å². The Morgan fingerprint density at radius 3 is 2.41 bits per heavy atom. The fraction of sp³-hybridized carbons (Fsp3) is 0.529. The molecule has 0 saturated heterocycles. The number of benzene rings is 1. The Balaban J connectivity index is 1.85. The average Bonchev–Trinajstić information content (AvgIpc) is 2.86.